The molecule has 0 saturated heterocycles. The zero-order chi connectivity index (χ0) is 26.9. The highest BCUT2D eigenvalue weighted by atomic mass is 16.2. The molecule has 5 aromatic rings. The highest BCUT2D eigenvalue weighted by molar-refractivity contribution is 6.04. The van der Waals surface area contributed by atoms with Gasteiger partial charge < -0.3 is 16.4 Å². The van der Waals surface area contributed by atoms with Crippen LogP contribution in [-0.2, 0) is 0 Å². The molecule has 0 aliphatic heterocycles. The number of anilines is 2. The minimum atomic E-state index is -0.525. The number of rotatable bonds is 6. The van der Waals surface area contributed by atoms with Gasteiger partial charge in [0.25, 0.3) is 11.5 Å². The Morgan fingerprint density at radius 1 is 1.05 bits per heavy atom. The van der Waals surface area contributed by atoms with Crippen molar-refractivity contribution in [3.05, 3.63) is 94.7 Å². The van der Waals surface area contributed by atoms with E-state index in [1.54, 1.807) is 23.0 Å². The summed E-state index contributed by atoms with van der Waals surface area (Å²) in [5.41, 5.74) is 8.76. The SMILES string of the molecule is C[C@H](NC(=O)c1c(N)nn2cccnc12)c1cc2cccc(NC3CCCCC3)c2c(=O)n1-c1ccccc1. The molecule has 39 heavy (non-hydrogen) atoms. The average Bonchev–Trinajstić information content (AvgIpc) is 3.29. The molecule has 0 unspecified atom stereocenters. The second-order valence-electron chi connectivity index (χ2n) is 10.1. The lowest BCUT2D eigenvalue weighted by Gasteiger charge is -2.25. The second kappa shape index (κ2) is 10.2. The molecule has 4 N–H and O–H groups in total. The van der Waals surface area contributed by atoms with E-state index in [1.807, 2.05) is 61.5 Å². The van der Waals surface area contributed by atoms with Gasteiger partial charge in [-0.05, 0) is 55.5 Å². The van der Waals surface area contributed by atoms with Gasteiger partial charge in [0.1, 0.15) is 5.56 Å². The van der Waals surface area contributed by atoms with Crippen LogP contribution in [0.3, 0.4) is 0 Å². The van der Waals surface area contributed by atoms with Crippen molar-refractivity contribution >= 4 is 33.8 Å². The van der Waals surface area contributed by atoms with Gasteiger partial charge in [-0.25, -0.2) is 9.50 Å². The minimum Gasteiger partial charge on any atom is -0.382 e. The Kier molecular flexibility index (Phi) is 6.48. The summed E-state index contributed by atoms with van der Waals surface area (Å²) in [6.45, 7) is 1.86. The fourth-order valence-electron chi connectivity index (χ4n) is 5.60. The summed E-state index contributed by atoms with van der Waals surface area (Å²) in [5.74, 6) is -0.315. The van der Waals surface area contributed by atoms with E-state index in [0.717, 1.165) is 29.6 Å². The number of carbonyl (C=O) groups excluding carboxylic acids is 1. The maximum Gasteiger partial charge on any atom is 0.265 e. The van der Waals surface area contributed by atoms with Crippen LogP contribution in [0.25, 0.3) is 22.1 Å². The van der Waals surface area contributed by atoms with Crippen molar-refractivity contribution in [3.63, 3.8) is 0 Å². The van der Waals surface area contributed by atoms with Gasteiger partial charge in [-0.3, -0.25) is 14.2 Å². The Balaban J connectivity index is 1.44. The third-order valence-corrected chi connectivity index (χ3v) is 7.50. The van der Waals surface area contributed by atoms with Crippen molar-refractivity contribution in [2.75, 3.05) is 11.1 Å². The third kappa shape index (κ3) is 4.60. The third-order valence-electron chi connectivity index (χ3n) is 7.50. The van der Waals surface area contributed by atoms with E-state index in [4.69, 9.17) is 5.73 Å². The summed E-state index contributed by atoms with van der Waals surface area (Å²) in [6.07, 6.45) is 9.15. The van der Waals surface area contributed by atoms with Gasteiger partial charge >= 0.3 is 0 Å². The Morgan fingerprint density at radius 2 is 1.85 bits per heavy atom. The van der Waals surface area contributed by atoms with E-state index in [9.17, 15) is 9.59 Å². The van der Waals surface area contributed by atoms with Gasteiger partial charge in [-0.2, -0.15) is 0 Å². The number of carbonyl (C=O) groups is 1. The van der Waals surface area contributed by atoms with Crippen LogP contribution in [0.5, 0.6) is 0 Å². The summed E-state index contributed by atoms with van der Waals surface area (Å²) in [6, 6.07) is 18.9. The first kappa shape index (κ1) is 24.7. The lowest BCUT2D eigenvalue weighted by molar-refractivity contribution is 0.0941. The molecule has 0 spiro atoms. The number of nitrogens with one attached hydrogen (secondary N) is 2. The quantitative estimate of drug-likeness (QED) is 0.294. The van der Waals surface area contributed by atoms with Gasteiger partial charge in [0.2, 0.25) is 0 Å². The molecule has 1 amide bonds. The molecule has 1 aliphatic carbocycles. The topological polar surface area (TPSA) is 119 Å². The number of pyridine rings is 1. The average molecular weight is 522 g/mol. The van der Waals surface area contributed by atoms with Gasteiger partial charge in [-0.1, -0.05) is 49.6 Å². The van der Waals surface area contributed by atoms with Crippen molar-refractivity contribution in [1.29, 1.82) is 0 Å². The van der Waals surface area contributed by atoms with Crippen LogP contribution in [0.2, 0.25) is 0 Å². The first-order valence-electron chi connectivity index (χ1n) is 13.4. The normalized spacial score (nSPS) is 14.9. The second-order valence-corrected chi connectivity index (χ2v) is 10.1. The van der Waals surface area contributed by atoms with Crippen LogP contribution in [0, 0.1) is 0 Å². The number of benzene rings is 2. The van der Waals surface area contributed by atoms with Gasteiger partial charge in [0.15, 0.2) is 11.5 Å². The minimum absolute atomic E-state index is 0.0933. The van der Waals surface area contributed by atoms with E-state index in [1.165, 1.54) is 23.8 Å². The van der Waals surface area contributed by atoms with Crippen molar-refractivity contribution in [2.45, 2.75) is 51.1 Å². The van der Waals surface area contributed by atoms with Crippen LogP contribution < -0.4 is 21.9 Å². The fourth-order valence-corrected chi connectivity index (χ4v) is 5.60. The summed E-state index contributed by atoms with van der Waals surface area (Å²) in [4.78, 5) is 31.9. The van der Waals surface area contributed by atoms with Crippen LogP contribution in [0.15, 0.2) is 77.9 Å². The fraction of sp³-hybridized carbons (Fsp3) is 0.267. The Labute approximate surface area is 225 Å². The number of nitrogen functional groups attached to an aromatic ring is 1. The molecule has 3 aromatic heterocycles. The molecule has 1 fully saturated rings. The molecular weight excluding hydrogens is 490 g/mol. The molecule has 9 nitrogen and oxygen atoms in total. The molecule has 6 rings (SSSR count). The summed E-state index contributed by atoms with van der Waals surface area (Å²) < 4.78 is 3.17. The van der Waals surface area contributed by atoms with E-state index < -0.39 is 11.9 Å². The van der Waals surface area contributed by atoms with E-state index in [2.05, 4.69) is 20.7 Å². The molecule has 198 valence electrons. The van der Waals surface area contributed by atoms with E-state index in [0.29, 0.717) is 22.8 Å². The predicted octanol–water partition coefficient (Wildman–Crippen LogP) is 4.85. The van der Waals surface area contributed by atoms with Crippen molar-refractivity contribution in [1.82, 2.24) is 24.5 Å². The zero-order valence-corrected chi connectivity index (χ0v) is 21.8. The molecule has 1 saturated carbocycles. The van der Waals surface area contributed by atoms with Crippen LogP contribution >= 0.6 is 0 Å². The number of aromatic nitrogens is 4. The molecular formula is C30H31N7O2. The van der Waals surface area contributed by atoms with Crippen LogP contribution in [0.1, 0.15) is 61.1 Å². The first-order chi connectivity index (χ1) is 19.0. The Hall–Kier alpha value is -4.66. The molecule has 9 heteroatoms. The van der Waals surface area contributed by atoms with Gasteiger partial charge in [-0.15, -0.1) is 5.10 Å². The standard InChI is InChI=1S/C30H31N7O2/c1-19(33-29(38)26-27(31)35-36-17-9-16-32-28(26)36)24-18-20-10-8-15-23(34-21-11-4-2-5-12-21)25(20)30(39)37(24)22-13-6-3-7-14-22/h3,6-10,13-19,21,34H,2,4-5,11-12H2,1H3,(H2,31,35)(H,33,38)/t19-/m0/s1. The molecule has 0 radical (unpaired) electrons. The van der Waals surface area contributed by atoms with Crippen molar-refractivity contribution < 1.29 is 4.79 Å². The zero-order valence-electron chi connectivity index (χ0n) is 21.8. The number of fused-ring (bicyclic) bond motifs is 2. The first-order valence-corrected chi connectivity index (χ1v) is 13.4. The predicted molar refractivity (Wildman–Crippen MR) is 153 cm³/mol. The number of hydrogen-bond acceptors (Lipinski definition) is 6. The number of hydrogen-bond donors (Lipinski definition) is 3. The highest BCUT2D eigenvalue weighted by Gasteiger charge is 2.24. The Morgan fingerprint density at radius 3 is 2.64 bits per heavy atom. The molecule has 1 aliphatic rings. The van der Waals surface area contributed by atoms with Crippen LogP contribution in [-0.4, -0.2) is 31.1 Å². The molecule has 0 bridgehead atoms. The number of nitrogens with zero attached hydrogens (tertiary/aromatic N) is 4. The maximum absolute atomic E-state index is 14.2. The van der Waals surface area contributed by atoms with Gasteiger partial charge in [0, 0.05) is 35.5 Å². The van der Waals surface area contributed by atoms with E-state index in [-0.39, 0.29) is 16.9 Å². The number of nitrogens with two attached hydrogens (primary N) is 1. The monoisotopic (exact) mass is 521 g/mol. The lowest BCUT2D eigenvalue weighted by atomic mass is 9.95. The Bertz CT molecular complexity index is 1720. The smallest absolute Gasteiger partial charge is 0.265 e. The maximum atomic E-state index is 14.2. The molecule has 1 atom stereocenters. The molecule has 3 heterocycles. The molecule has 2 aromatic carbocycles. The van der Waals surface area contributed by atoms with Gasteiger partial charge in [0.05, 0.1) is 11.4 Å². The summed E-state index contributed by atoms with van der Waals surface area (Å²) in [5, 5.41) is 12.3. The van der Waals surface area contributed by atoms with Crippen LogP contribution in [0.4, 0.5) is 11.5 Å². The highest BCUT2D eigenvalue weighted by Crippen LogP contribution is 2.29. The number of para-hydroxylation sites is 1. The van der Waals surface area contributed by atoms with Crippen molar-refractivity contribution in [3.8, 4) is 5.69 Å². The van der Waals surface area contributed by atoms with Crippen molar-refractivity contribution in [2.24, 2.45) is 0 Å². The van der Waals surface area contributed by atoms with E-state index >= 15 is 0 Å². The largest absolute Gasteiger partial charge is 0.382 e. The number of amides is 1. The summed E-state index contributed by atoms with van der Waals surface area (Å²) >= 11 is 0. The summed E-state index contributed by atoms with van der Waals surface area (Å²) in [7, 11) is 0. The lowest BCUT2D eigenvalue weighted by Crippen LogP contribution is -2.32.